The number of phosphoric ester groups is 1. The maximum Gasteiger partial charge on any atom is 0.469 e. The lowest BCUT2D eigenvalue weighted by Gasteiger charge is -2.20. The van der Waals surface area contributed by atoms with Gasteiger partial charge in [0.15, 0.2) is 23.2 Å². The maximum atomic E-state index is 12.4. The first kappa shape index (κ1) is 29.1. The molecule has 1 aromatic carbocycles. The molecular weight excluding hydrogens is 555 g/mol. The van der Waals surface area contributed by atoms with Crippen LogP contribution in [0.3, 0.4) is 0 Å². The molecule has 0 saturated carbocycles. The zero-order valence-corrected chi connectivity index (χ0v) is 23.1. The number of carbonyl (C=O) groups excluding carboxylic acids is 1. The normalized spacial score (nSPS) is 23.6. The highest BCUT2D eigenvalue weighted by atomic mass is 31.2. The van der Waals surface area contributed by atoms with Gasteiger partial charge in [0.1, 0.15) is 24.6 Å². The molecule has 2 saturated heterocycles. The third-order valence-corrected chi connectivity index (χ3v) is 7.03. The van der Waals surface area contributed by atoms with E-state index in [1.54, 1.807) is 4.57 Å². The highest BCUT2D eigenvalue weighted by Crippen LogP contribution is 2.43. The average Bonchev–Trinajstić information content (AvgIpc) is 3.65. The Bertz CT molecular complexity index is 1450. The number of nitrogens with one attached hydrogen (secondary N) is 2. The standard InChI is InChI=1S/C26H31N6O8P/c1-2-3-4-8-13-27-26(33)31-23-20-24(29-15-28-23)32(16-30-20)25-22-21(18(38-25)14-37-41(34,35)36)39-19(40-22)12-11-17-9-6-5-7-10-17/h5-7,9-10,15-16,18-19,21-22,25H,2-4,8,13-14H2,1H3,(H2,34,35,36)(H2,27,28,29,31,33)/t18-,19?,21-,22-,25-/m1/s1. The molecule has 4 N–H and O–H groups in total. The number of nitrogens with zero attached hydrogens (tertiary/aromatic N) is 4. The summed E-state index contributed by atoms with van der Waals surface area (Å²) in [5.74, 6) is 6.14. The number of imidazole rings is 1. The third-order valence-electron chi connectivity index (χ3n) is 6.54. The van der Waals surface area contributed by atoms with Gasteiger partial charge in [0.2, 0.25) is 6.29 Å². The van der Waals surface area contributed by atoms with Crippen LogP contribution in [-0.2, 0) is 23.3 Å². The van der Waals surface area contributed by atoms with Crippen molar-refractivity contribution < 1.29 is 37.9 Å². The Morgan fingerprint density at radius 2 is 1.90 bits per heavy atom. The zero-order valence-electron chi connectivity index (χ0n) is 22.3. The fraction of sp³-hybridized carbons (Fsp3) is 0.462. The quantitative estimate of drug-likeness (QED) is 0.156. The molecule has 0 radical (unpaired) electrons. The van der Waals surface area contributed by atoms with Crippen LogP contribution in [0.2, 0.25) is 0 Å². The van der Waals surface area contributed by atoms with Crippen LogP contribution in [0.15, 0.2) is 43.0 Å². The van der Waals surface area contributed by atoms with Gasteiger partial charge in [-0.05, 0) is 24.5 Å². The fourth-order valence-electron chi connectivity index (χ4n) is 4.63. The minimum absolute atomic E-state index is 0.214. The molecule has 2 fully saturated rings. The fourth-order valence-corrected chi connectivity index (χ4v) is 4.97. The largest absolute Gasteiger partial charge is 0.469 e. The summed E-state index contributed by atoms with van der Waals surface area (Å²) in [6, 6.07) is 8.89. The Morgan fingerprint density at radius 3 is 2.68 bits per heavy atom. The molecule has 5 rings (SSSR count). The van der Waals surface area contributed by atoms with Gasteiger partial charge in [-0.1, -0.05) is 50.3 Å². The summed E-state index contributed by atoms with van der Waals surface area (Å²) >= 11 is 0. The minimum Gasteiger partial charge on any atom is -0.347 e. The number of phosphoric acid groups is 1. The van der Waals surface area contributed by atoms with Gasteiger partial charge in [-0.25, -0.2) is 24.3 Å². The van der Waals surface area contributed by atoms with Gasteiger partial charge in [-0.3, -0.25) is 14.4 Å². The van der Waals surface area contributed by atoms with Gasteiger partial charge in [0.25, 0.3) is 0 Å². The van der Waals surface area contributed by atoms with Crippen LogP contribution < -0.4 is 10.6 Å². The van der Waals surface area contributed by atoms with Gasteiger partial charge in [0.05, 0.1) is 12.9 Å². The highest BCUT2D eigenvalue weighted by molar-refractivity contribution is 7.46. The molecule has 14 nitrogen and oxygen atoms in total. The minimum atomic E-state index is -4.77. The first-order valence-corrected chi connectivity index (χ1v) is 14.8. The van der Waals surface area contributed by atoms with Gasteiger partial charge in [0, 0.05) is 12.1 Å². The zero-order chi connectivity index (χ0) is 28.8. The van der Waals surface area contributed by atoms with E-state index in [0.29, 0.717) is 17.7 Å². The van der Waals surface area contributed by atoms with E-state index in [9.17, 15) is 19.1 Å². The molecule has 5 atom stereocenters. The summed E-state index contributed by atoms with van der Waals surface area (Å²) in [5, 5.41) is 5.52. The predicted molar refractivity (Wildman–Crippen MR) is 145 cm³/mol. The molecule has 2 aliphatic heterocycles. The number of rotatable bonds is 10. The number of urea groups is 1. The Morgan fingerprint density at radius 1 is 1.10 bits per heavy atom. The van der Waals surface area contributed by atoms with Crippen LogP contribution in [0.4, 0.5) is 10.6 Å². The topological polar surface area (TPSA) is 179 Å². The molecule has 218 valence electrons. The van der Waals surface area contributed by atoms with Crippen LogP contribution in [0, 0.1) is 11.8 Å². The molecule has 15 heteroatoms. The monoisotopic (exact) mass is 586 g/mol. The predicted octanol–water partition coefficient (Wildman–Crippen LogP) is 2.70. The number of aromatic nitrogens is 4. The summed E-state index contributed by atoms with van der Waals surface area (Å²) in [5.41, 5.74) is 1.44. The van der Waals surface area contributed by atoms with Crippen LogP contribution in [0.5, 0.6) is 0 Å². The van der Waals surface area contributed by atoms with Gasteiger partial charge >= 0.3 is 13.9 Å². The van der Waals surface area contributed by atoms with E-state index in [1.807, 2.05) is 30.3 Å². The number of hydrogen-bond donors (Lipinski definition) is 4. The van der Waals surface area contributed by atoms with Gasteiger partial charge < -0.3 is 29.3 Å². The van der Waals surface area contributed by atoms with Crippen molar-refractivity contribution in [3.05, 3.63) is 48.5 Å². The molecule has 3 aromatic rings. The summed E-state index contributed by atoms with van der Waals surface area (Å²) in [6.07, 6.45) is 2.74. The molecule has 2 aromatic heterocycles. The van der Waals surface area contributed by atoms with E-state index in [2.05, 4.69) is 44.4 Å². The van der Waals surface area contributed by atoms with Crippen molar-refractivity contribution >= 4 is 30.8 Å². The van der Waals surface area contributed by atoms with Crippen LogP contribution in [0.1, 0.15) is 44.4 Å². The van der Waals surface area contributed by atoms with Crippen molar-refractivity contribution in [1.29, 1.82) is 0 Å². The van der Waals surface area contributed by atoms with Crippen LogP contribution in [0.25, 0.3) is 11.2 Å². The molecule has 0 bridgehead atoms. The molecule has 4 heterocycles. The Hall–Kier alpha value is -3.41. The van der Waals surface area contributed by atoms with E-state index in [-0.39, 0.29) is 5.82 Å². The highest BCUT2D eigenvalue weighted by Gasteiger charge is 2.54. The summed E-state index contributed by atoms with van der Waals surface area (Å²) in [6.45, 7) is 2.21. The summed E-state index contributed by atoms with van der Waals surface area (Å²) in [4.78, 5) is 43.8. The number of hydrogen-bond acceptors (Lipinski definition) is 9. The van der Waals surface area contributed by atoms with Crippen molar-refractivity contribution in [2.24, 2.45) is 0 Å². The first-order chi connectivity index (χ1) is 19.8. The molecular formula is C26H31N6O8P. The van der Waals surface area contributed by atoms with Crippen molar-refractivity contribution in [3.8, 4) is 11.8 Å². The van der Waals surface area contributed by atoms with Gasteiger partial charge in [-0.2, -0.15) is 0 Å². The van der Waals surface area contributed by atoms with E-state index < -0.39 is 51.3 Å². The number of fused-ring (bicyclic) bond motifs is 2. The average molecular weight is 587 g/mol. The lowest BCUT2D eigenvalue weighted by molar-refractivity contribution is -0.129. The molecule has 1 unspecified atom stereocenters. The van der Waals surface area contributed by atoms with E-state index in [1.165, 1.54) is 12.7 Å². The van der Waals surface area contributed by atoms with Crippen LogP contribution >= 0.6 is 7.82 Å². The van der Waals surface area contributed by atoms with E-state index in [4.69, 9.17) is 18.7 Å². The van der Waals surface area contributed by atoms with Gasteiger partial charge in [-0.15, -0.1) is 0 Å². The number of amides is 2. The SMILES string of the molecule is CCCCCCNC(=O)Nc1ncnc2c1ncn2[C@@H]1O[C@H](COP(=O)(O)O)[C@H]2OC(C#Cc3ccccc3)O[C@H]21. The van der Waals surface area contributed by atoms with E-state index in [0.717, 1.165) is 31.2 Å². The lowest BCUT2D eigenvalue weighted by Crippen LogP contribution is -2.31. The molecule has 2 aliphatic rings. The first-order valence-electron chi connectivity index (χ1n) is 13.3. The third kappa shape index (κ3) is 7.27. The second-order valence-corrected chi connectivity index (χ2v) is 10.7. The van der Waals surface area contributed by atoms with Crippen molar-refractivity contribution in [2.75, 3.05) is 18.5 Å². The molecule has 0 spiro atoms. The van der Waals surface area contributed by atoms with E-state index >= 15 is 0 Å². The van der Waals surface area contributed by atoms with Crippen molar-refractivity contribution in [3.63, 3.8) is 0 Å². The second-order valence-electron chi connectivity index (χ2n) is 9.51. The maximum absolute atomic E-state index is 12.4. The number of anilines is 1. The van der Waals surface area contributed by atoms with Crippen molar-refractivity contribution in [2.45, 2.75) is 63.4 Å². The molecule has 2 amide bonds. The Labute approximate surface area is 236 Å². The lowest BCUT2D eigenvalue weighted by atomic mass is 10.1. The Balaban J connectivity index is 1.34. The molecule has 0 aliphatic carbocycles. The summed E-state index contributed by atoms with van der Waals surface area (Å²) in [7, 11) is -4.77. The Kier molecular flexibility index (Phi) is 9.26. The number of carbonyl (C=O) groups is 1. The van der Waals surface area contributed by atoms with Crippen molar-refractivity contribution in [1.82, 2.24) is 24.8 Å². The van der Waals surface area contributed by atoms with Crippen LogP contribution in [-0.4, -0.2) is 73.1 Å². The number of benzene rings is 1. The summed E-state index contributed by atoms with van der Waals surface area (Å²) < 4.78 is 35.8. The number of unbranched alkanes of at least 4 members (excludes halogenated alkanes) is 3. The second kappa shape index (κ2) is 13.1. The molecule has 41 heavy (non-hydrogen) atoms. The number of ether oxygens (including phenoxy) is 3. The smallest absolute Gasteiger partial charge is 0.347 e.